The van der Waals surface area contributed by atoms with Crippen molar-refractivity contribution in [2.45, 2.75) is 26.3 Å². The maximum Gasteiger partial charge on any atom is 0.312 e. The van der Waals surface area contributed by atoms with Gasteiger partial charge in [-0.15, -0.1) is 0 Å². The van der Waals surface area contributed by atoms with E-state index in [0.29, 0.717) is 32.9 Å². The molecule has 6 nitrogen and oxygen atoms in total. The van der Waals surface area contributed by atoms with Crippen LogP contribution in [-0.4, -0.2) is 21.8 Å². The van der Waals surface area contributed by atoms with Gasteiger partial charge in [0, 0.05) is 22.6 Å². The smallest absolute Gasteiger partial charge is 0.312 e. The Hall–Kier alpha value is -3.84. The van der Waals surface area contributed by atoms with E-state index >= 15 is 0 Å². The molecule has 1 N–H and O–H groups in total. The number of aromatic nitrogens is 2. The molecule has 1 amide bonds. The van der Waals surface area contributed by atoms with Crippen molar-refractivity contribution in [1.29, 1.82) is 0 Å². The first-order valence-electron chi connectivity index (χ1n) is 10.7. The van der Waals surface area contributed by atoms with Gasteiger partial charge in [-0.3, -0.25) is 9.59 Å². The molecule has 0 radical (unpaired) electrons. The fourth-order valence-electron chi connectivity index (χ4n) is 3.34. The second kappa shape index (κ2) is 9.97. The summed E-state index contributed by atoms with van der Waals surface area (Å²) in [5.41, 5.74) is 3.16. The molecule has 4 rings (SSSR count). The van der Waals surface area contributed by atoms with Gasteiger partial charge in [-0.2, -0.15) is 0 Å². The molecule has 3 aromatic carbocycles. The lowest BCUT2D eigenvalue weighted by molar-refractivity contribution is -0.134. The van der Waals surface area contributed by atoms with Crippen LogP contribution < -0.4 is 10.1 Å². The Morgan fingerprint density at radius 2 is 1.71 bits per heavy atom. The summed E-state index contributed by atoms with van der Waals surface area (Å²) in [4.78, 5) is 34.0. The number of rotatable bonds is 6. The van der Waals surface area contributed by atoms with E-state index in [2.05, 4.69) is 15.3 Å². The third-order valence-electron chi connectivity index (χ3n) is 5.23. The van der Waals surface area contributed by atoms with E-state index in [9.17, 15) is 14.0 Å². The Morgan fingerprint density at radius 1 is 1.00 bits per heavy atom. The second-order valence-electron chi connectivity index (χ2n) is 7.66. The van der Waals surface area contributed by atoms with Crippen LogP contribution in [0.3, 0.4) is 0 Å². The van der Waals surface area contributed by atoms with Gasteiger partial charge in [0.25, 0.3) is 5.91 Å². The quantitative estimate of drug-likeness (QED) is 0.350. The monoisotopic (exact) mass is 477 g/mol. The highest BCUT2D eigenvalue weighted by atomic mass is 35.5. The largest absolute Gasteiger partial charge is 0.405 e. The van der Waals surface area contributed by atoms with E-state index in [1.165, 1.54) is 12.1 Å². The maximum absolute atomic E-state index is 13.2. The minimum absolute atomic E-state index is 0.0545. The van der Waals surface area contributed by atoms with Crippen molar-refractivity contribution in [3.63, 3.8) is 0 Å². The van der Waals surface area contributed by atoms with E-state index in [-0.39, 0.29) is 30.1 Å². The molecule has 34 heavy (non-hydrogen) atoms. The number of halogens is 2. The highest BCUT2D eigenvalue weighted by Crippen LogP contribution is 2.30. The molecule has 0 aliphatic rings. The van der Waals surface area contributed by atoms with Gasteiger partial charge >= 0.3 is 5.97 Å². The van der Waals surface area contributed by atoms with Crippen LogP contribution in [0.2, 0.25) is 5.02 Å². The Bertz CT molecular complexity index is 1360. The maximum atomic E-state index is 13.2. The summed E-state index contributed by atoms with van der Waals surface area (Å²) in [5.74, 6) is -1.06. The summed E-state index contributed by atoms with van der Waals surface area (Å²) < 4.78 is 18.6. The summed E-state index contributed by atoms with van der Waals surface area (Å²) in [7, 11) is 0. The van der Waals surface area contributed by atoms with Gasteiger partial charge in [0.05, 0.1) is 17.1 Å². The fourth-order valence-corrected chi connectivity index (χ4v) is 3.47. The molecule has 1 aromatic heterocycles. The normalized spacial score (nSPS) is 11.8. The van der Waals surface area contributed by atoms with Gasteiger partial charge in [0.15, 0.2) is 0 Å². The van der Waals surface area contributed by atoms with E-state index < -0.39 is 5.97 Å². The lowest BCUT2D eigenvalue weighted by Gasteiger charge is -2.15. The molecule has 0 spiro atoms. The zero-order valence-corrected chi connectivity index (χ0v) is 19.3. The van der Waals surface area contributed by atoms with Crippen molar-refractivity contribution in [2.75, 3.05) is 0 Å². The first-order chi connectivity index (χ1) is 16.3. The van der Waals surface area contributed by atoms with Crippen LogP contribution in [0.25, 0.3) is 22.3 Å². The minimum Gasteiger partial charge on any atom is -0.405 e. The average Bonchev–Trinajstić information content (AvgIpc) is 2.84. The zero-order valence-electron chi connectivity index (χ0n) is 18.5. The van der Waals surface area contributed by atoms with Gasteiger partial charge in [0.1, 0.15) is 11.5 Å². The molecule has 172 valence electrons. The van der Waals surface area contributed by atoms with Crippen molar-refractivity contribution >= 4 is 34.5 Å². The van der Waals surface area contributed by atoms with Crippen molar-refractivity contribution < 1.29 is 18.7 Å². The summed E-state index contributed by atoms with van der Waals surface area (Å²) >= 11 is 5.99. The number of ether oxygens (including phenoxy) is 1. The molecule has 1 atom stereocenters. The van der Waals surface area contributed by atoms with Crippen LogP contribution in [-0.2, 0) is 4.79 Å². The fraction of sp³-hybridized carbons (Fsp3) is 0.154. The van der Waals surface area contributed by atoms with Crippen molar-refractivity contribution in [3.05, 3.63) is 88.7 Å². The van der Waals surface area contributed by atoms with Crippen LogP contribution in [0.5, 0.6) is 5.88 Å². The highest BCUT2D eigenvalue weighted by Gasteiger charge is 2.18. The molecular weight excluding hydrogens is 457 g/mol. The van der Waals surface area contributed by atoms with Crippen LogP contribution in [0, 0.1) is 5.82 Å². The third kappa shape index (κ3) is 5.21. The van der Waals surface area contributed by atoms with E-state index in [1.807, 2.05) is 6.92 Å². The Kier molecular flexibility index (Phi) is 6.84. The zero-order chi connectivity index (χ0) is 24.2. The molecule has 4 aromatic rings. The topological polar surface area (TPSA) is 81.2 Å². The summed E-state index contributed by atoms with van der Waals surface area (Å²) in [6.07, 6.45) is 0.170. The number of hydrogen-bond donors (Lipinski definition) is 1. The summed E-state index contributed by atoms with van der Waals surface area (Å²) in [5, 5.41) is 3.45. The number of nitrogens with one attached hydrogen (secondary N) is 1. The number of esters is 1. The van der Waals surface area contributed by atoms with Crippen LogP contribution in [0.4, 0.5) is 4.39 Å². The predicted molar refractivity (Wildman–Crippen MR) is 128 cm³/mol. The molecule has 0 aliphatic heterocycles. The lowest BCUT2D eigenvalue weighted by atomic mass is 10.1. The average molecular weight is 478 g/mol. The molecule has 0 saturated carbocycles. The SMILES string of the molecule is CCC(=O)Oc1nc2cc(C(=O)NC(C)c3ccc(F)cc3)ccc2nc1-c1ccc(Cl)cc1. The van der Waals surface area contributed by atoms with Crippen molar-refractivity contribution in [1.82, 2.24) is 15.3 Å². The Labute approximate surface area is 200 Å². The van der Waals surface area contributed by atoms with E-state index in [4.69, 9.17) is 16.3 Å². The molecule has 0 saturated heterocycles. The number of benzene rings is 3. The molecule has 0 aliphatic carbocycles. The van der Waals surface area contributed by atoms with Gasteiger partial charge in [-0.05, 0) is 55.0 Å². The number of nitrogens with zero attached hydrogens (tertiary/aromatic N) is 2. The number of fused-ring (bicyclic) bond motifs is 1. The molecule has 0 fully saturated rings. The number of carbonyl (C=O) groups excluding carboxylic acids is 2. The third-order valence-corrected chi connectivity index (χ3v) is 5.48. The number of amides is 1. The molecule has 1 heterocycles. The lowest BCUT2D eigenvalue weighted by Crippen LogP contribution is -2.26. The first kappa shape index (κ1) is 23.3. The van der Waals surface area contributed by atoms with Gasteiger partial charge in [-0.1, -0.05) is 42.8 Å². The number of carbonyl (C=O) groups is 2. The van der Waals surface area contributed by atoms with Crippen LogP contribution >= 0.6 is 11.6 Å². The number of hydrogen-bond acceptors (Lipinski definition) is 5. The van der Waals surface area contributed by atoms with Crippen LogP contribution in [0.15, 0.2) is 66.7 Å². The first-order valence-corrected chi connectivity index (χ1v) is 11.1. The van der Waals surface area contributed by atoms with Crippen LogP contribution in [0.1, 0.15) is 42.2 Å². The second-order valence-corrected chi connectivity index (χ2v) is 8.10. The molecule has 8 heteroatoms. The van der Waals surface area contributed by atoms with E-state index in [0.717, 1.165) is 5.56 Å². The van der Waals surface area contributed by atoms with Gasteiger partial charge < -0.3 is 10.1 Å². The molecule has 1 unspecified atom stereocenters. The highest BCUT2D eigenvalue weighted by molar-refractivity contribution is 6.30. The Morgan fingerprint density at radius 3 is 2.38 bits per heavy atom. The van der Waals surface area contributed by atoms with Crippen molar-refractivity contribution in [2.24, 2.45) is 0 Å². The standard InChI is InChI=1S/C26H21ClFN3O3/c1-3-23(32)34-26-24(17-4-9-19(27)10-5-17)30-21-13-8-18(14-22(21)31-26)25(33)29-15(2)16-6-11-20(28)12-7-16/h4-15H,3H2,1-2H3,(H,29,33). The van der Waals surface area contributed by atoms with E-state index in [1.54, 1.807) is 61.5 Å². The Balaban J connectivity index is 1.67. The minimum atomic E-state index is -0.453. The van der Waals surface area contributed by atoms with Crippen molar-refractivity contribution in [3.8, 4) is 17.1 Å². The summed E-state index contributed by atoms with van der Waals surface area (Å²) in [6, 6.07) is 17.5. The predicted octanol–water partition coefficient (Wildman–Crippen LogP) is 5.90. The molecular formula is C26H21ClFN3O3. The van der Waals surface area contributed by atoms with Gasteiger partial charge in [-0.25, -0.2) is 14.4 Å². The summed E-state index contributed by atoms with van der Waals surface area (Å²) in [6.45, 7) is 3.50. The van der Waals surface area contributed by atoms with Gasteiger partial charge in [0.2, 0.25) is 5.88 Å². The molecule has 0 bridgehead atoms.